The quantitative estimate of drug-likeness (QED) is 0.803. The molecular weight excluding hydrogens is 281 g/mol. The number of hydrogen-bond donors (Lipinski definition) is 1. The van der Waals surface area contributed by atoms with Crippen LogP contribution < -0.4 is 3.92 Å². The molecule has 2 aliphatic rings. The van der Waals surface area contributed by atoms with Crippen molar-refractivity contribution in [3.63, 3.8) is 0 Å². The Bertz CT molecular complexity index is 507. The second-order valence-corrected chi connectivity index (χ2v) is 6.37. The Hall–Kier alpha value is -1.51. The third kappa shape index (κ3) is 1.79. The maximum atomic E-state index is 12.2. The first kappa shape index (κ1) is 10.6. The Kier molecular flexibility index (Phi) is 2.54. The van der Waals surface area contributed by atoms with Gasteiger partial charge in [0, 0.05) is 0 Å². The second-order valence-electron chi connectivity index (χ2n) is 4.01. The standard InChI is InChI=1S/C13H11NO2Se/c15-10-7-5-9(6-8-10)14-13(16)11-3-1-2-4-12(11)17-14/h1-8,11-12,15H. The van der Waals surface area contributed by atoms with Crippen molar-refractivity contribution in [3.8, 4) is 5.75 Å². The van der Waals surface area contributed by atoms with Crippen LogP contribution in [0.4, 0.5) is 5.69 Å². The minimum absolute atomic E-state index is 0.00815. The molecule has 1 aliphatic heterocycles. The fourth-order valence-electron chi connectivity index (χ4n) is 2.00. The van der Waals surface area contributed by atoms with Gasteiger partial charge >= 0.3 is 106 Å². The van der Waals surface area contributed by atoms with E-state index in [2.05, 4.69) is 6.08 Å². The molecule has 0 spiro atoms. The SMILES string of the molecule is O=C1C2C=CC=CC2[Se]N1c1ccc(O)cc1. The number of phenolic OH excluding ortho intramolecular Hbond substituents is 1. The van der Waals surface area contributed by atoms with Crippen molar-refractivity contribution in [2.75, 3.05) is 3.92 Å². The molecule has 0 radical (unpaired) electrons. The van der Waals surface area contributed by atoms with Crippen LogP contribution in [0, 0.1) is 5.92 Å². The van der Waals surface area contributed by atoms with Crippen LogP contribution >= 0.6 is 0 Å². The number of nitrogens with zero attached hydrogens (tertiary/aromatic N) is 1. The van der Waals surface area contributed by atoms with Crippen LogP contribution in [-0.4, -0.2) is 26.2 Å². The summed E-state index contributed by atoms with van der Waals surface area (Å²) in [5, 5.41) is 9.25. The molecule has 1 amide bonds. The molecule has 17 heavy (non-hydrogen) atoms. The van der Waals surface area contributed by atoms with E-state index in [1.54, 1.807) is 24.3 Å². The summed E-state index contributed by atoms with van der Waals surface area (Å²) in [6.07, 6.45) is 8.05. The molecule has 1 aromatic carbocycles. The number of benzene rings is 1. The zero-order valence-corrected chi connectivity index (χ0v) is 10.7. The Labute approximate surface area is 106 Å². The summed E-state index contributed by atoms with van der Waals surface area (Å²) in [4.78, 5) is 12.6. The van der Waals surface area contributed by atoms with Gasteiger partial charge in [0.15, 0.2) is 0 Å². The molecule has 3 rings (SSSR count). The molecule has 0 aromatic heterocycles. The summed E-state index contributed by atoms with van der Waals surface area (Å²) in [7, 11) is 0. The molecule has 4 heteroatoms. The van der Waals surface area contributed by atoms with Crippen molar-refractivity contribution in [2.24, 2.45) is 5.92 Å². The molecule has 1 N–H and O–H groups in total. The molecule has 3 nitrogen and oxygen atoms in total. The molecule has 0 bridgehead atoms. The maximum absolute atomic E-state index is 12.2. The van der Waals surface area contributed by atoms with Crippen LogP contribution in [0.1, 0.15) is 0 Å². The van der Waals surface area contributed by atoms with E-state index in [1.165, 1.54) is 0 Å². The van der Waals surface area contributed by atoms with Crippen LogP contribution in [0.25, 0.3) is 0 Å². The van der Waals surface area contributed by atoms with E-state index in [0.29, 0.717) is 4.82 Å². The fraction of sp³-hybridized carbons (Fsp3) is 0.154. The van der Waals surface area contributed by atoms with Gasteiger partial charge < -0.3 is 0 Å². The number of rotatable bonds is 1. The first-order chi connectivity index (χ1) is 8.25. The monoisotopic (exact) mass is 293 g/mol. The number of carbonyl (C=O) groups is 1. The van der Waals surface area contributed by atoms with Gasteiger partial charge in [-0.2, -0.15) is 0 Å². The fourth-order valence-corrected chi connectivity index (χ4v) is 4.54. The van der Waals surface area contributed by atoms with Crippen LogP contribution in [0.15, 0.2) is 48.6 Å². The molecule has 1 aromatic rings. The summed E-state index contributed by atoms with van der Waals surface area (Å²) >= 11 is 0.111. The molecule has 1 aliphatic carbocycles. The predicted molar refractivity (Wildman–Crippen MR) is 66.9 cm³/mol. The van der Waals surface area contributed by atoms with Crippen molar-refractivity contribution in [3.05, 3.63) is 48.6 Å². The first-order valence-electron chi connectivity index (χ1n) is 5.40. The third-order valence-electron chi connectivity index (χ3n) is 2.88. The van der Waals surface area contributed by atoms with Gasteiger partial charge in [0.1, 0.15) is 0 Å². The zero-order valence-electron chi connectivity index (χ0n) is 8.98. The summed E-state index contributed by atoms with van der Waals surface area (Å²) in [6.45, 7) is 0. The molecule has 1 saturated heterocycles. The molecule has 1 heterocycles. The van der Waals surface area contributed by atoms with Crippen molar-refractivity contribution in [1.29, 1.82) is 0 Å². The summed E-state index contributed by atoms with van der Waals surface area (Å²) in [5.41, 5.74) is 0.879. The van der Waals surface area contributed by atoms with Gasteiger partial charge in [0.05, 0.1) is 0 Å². The van der Waals surface area contributed by atoms with Gasteiger partial charge in [-0.3, -0.25) is 0 Å². The second kappa shape index (κ2) is 4.06. The third-order valence-corrected chi connectivity index (χ3v) is 5.60. The van der Waals surface area contributed by atoms with Crippen molar-refractivity contribution in [2.45, 2.75) is 4.82 Å². The average Bonchev–Trinajstić information content (AvgIpc) is 2.69. The van der Waals surface area contributed by atoms with Crippen molar-refractivity contribution in [1.82, 2.24) is 0 Å². The Morgan fingerprint density at radius 3 is 2.53 bits per heavy atom. The van der Waals surface area contributed by atoms with E-state index >= 15 is 0 Å². The number of carbonyl (C=O) groups excluding carboxylic acids is 1. The Morgan fingerprint density at radius 2 is 1.82 bits per heavy atom. The topological polar surface area (TPSA) is 40.5 Å². The van der Waals surface area contributed by atoms with E-state index < -0.39 is 0 Å². The van der Waals surface area contributed by atoms with Crippen molar-refractivity contribution < 1.29 is 9.90 Å². The van der Waals surface area contributed by atoms with Crippen molar-refractivity contribution >= 4 is 26.8 Å². The predicted octanol–water partition coefficient (Wildman–Crippen LogP) is 1.89. The summed E-state index contributed by atoms with van der Waals surface area (Å²) in [6, 6.07) is 6.82. The molecule has 0 saturated carbocycles. The molecule has 1 fully saturated rings. The number of allylic oxidation sites excluding steroid dienone is 3. The summed E-state index contributed by atoms with van der Waals surface area (Å²) < 4.78 is 1.85. The van der Waals surface area contributed by atoms with E-state index in [4.69, 9.17) is 0 Å². The van der Waals surface area contributed by atoms with Crippen LogP contribution in [0.3, 0.4) is 0 Å². The van der Waals surface area contributed by atoms with Gasteiger partial charge in [0.25, 0.3) is 0 Å². The summed E-state index contributed by atoms with van der Waals surface area (Å²) in [5.74, 6) is 0.403. The minimum atomic E-state index is 0.00815. The van der Waals surface area contributed by atoms with E-state index in [-0.39, 0.29) is 32.7 Å². The Morgan fingerprint density at radius 1 is 1.12 bits per heavy atom. The number of anilines is 1. The number of aromatic hydroxyl groups is 1. The van der Waals surface area contributed by atoms with E-state index in [1.807, 2.05) is 22.1 Å². The Balaban J connectivity index is 1.91. The number of fused-ring (bicyclic) bond motifs is 1. The van der Waals surface area contributed by atoms with E-state index in [0.717, 1.165) is 5.69 Å². The van der Waals surface area contributed by atoms with Gasteiger partial charge in [-0.1, -0.05) is 0 Å². The van der Waals surface area contributed by atoms with Crippen LogP contribution in [0.5, 0.6) is 5.75 Å². The molecule has 2 atom stereocenters. The van der Waals surface area contributed by atoms with Gasteiger partial charge in [-0.25, -0.2) is 0 Å². The van der Waals surface area contributed by atoms with Gasteiger partial charge in [-0.05, 0) is 0 Å². The normalized spacial score (nSPS) is 26.4. The molecule has 2 unspecified atom stereocenters. The van der Waals surface area contributed by atoms with Crippen LogP contribution in [0.2, 0.25) is 4.82 Å². The zero-order chi connectivity index (χ0) is 11.8. The number of phenols is 1. The van der Waals surface area contributed by atoms with E-state index in [9.17, 15) is 9.90 Å². The average molecular weight is 292 g/mol. The molecular formula is C13H11NO2Se. The van der Waals surface area contributed by atoms with Gasteiger partial charge in [-0.15, -0.1) is 0 Å². The molecule has 86 valence electrons. The first-order valence-corrected chi connectivity index (χ1v) is 7.16. The van der Waals surface area contributed by atoms with Gasteiger partial charge in [0.2, 0.25) is 0 Å². The number of hydrogen-bond acceptors (Lipinski definition) is 2. The number of amides is 1. The van der Waals surface area contributed by atoms with Crippen LogP contribution in [-0.2, 0) is 4.79 Å².